The highest BCUT2D eigenvalue weighted by Crippen LogP contribution is 2.36. The second-order valence-electron chi connectivity index (χ2n) is 7.42. The molecule has 1 aliphatic carbocycles. The minimum absolute atomic E-state index is 0.0900. The fraction of sp³-hybridized carbons (Fsp3) is 0.579. The molecule has 3 rings (SSSR count). The van der Waals surface area contributed by atoms with Crippen LogP contribution in [0.15, 0.2) is 23.1 Å². The Morgan fingerprint density at radius 2 is 1.89 bits per heavy atom. The van der Waals surface area contributed by atoms with Gasteiger partial charge in [0.25, 0.3) is 5.91 Å². The van der Waals surface area contributed by atoms with Crippen LogP contribution in [0.2, 0.25) is 0 Å². The summed E-state index contributed by atoms with van der Waals surface area (Å²) in [5.74, 6) is 0.314. The number of benzene rings is 1. The number of esters is 1. The van der Waals surface area contributed by atoms with E-state index < -0.39 is 16.0 Å². The number of nitrogens with two attached hydrogens (primary N) is 1. The highest BCUT2D eigenvalue weighted by Gasteiger charge is 2.33. The molecule has 1 aliphatic heterocycles. The second-order valence-corrected chi connectivity index (χ2v) is 8.98. The summed E-state index contributed by atoms with van der Waals surface area (Å²) < 4.78 is 33.3. The van der Waals surface area contributed by atoms with Gasteiger partial charge in [-0.05, 0) is 42.9 Å². The first-order valence-corrected chi connectivity index (χ1v) is 11.0. The maximum atomic E-state index is 12.5. The summed E-state index contributed by atoms with van der Waals surface area (Å²) in [6.45, 7) is 1.01. The molecular weight excluding hydrogens is 384 g/mol. The van der Waals surface area contributed by atoms with E-state index in [2.05, 4.69) is 0 Å². The molecule has 2 fully saturated rings. The van der Waals surface area contributed by atoms with Gasteiger partial charge in [-0.2, -0.15) is 0 Å². The number of likely N-dealkylation sites (tertiary alicyclic amines) is 1. The molecule has 1 saturated carbocycles. The fourth-order valence-electron chi connectivity index (χ4n) is 4.15. The molecule has 1 aromatic rings. The molecule has 1 amide bonds. The van der Waals surface area contributed by atoms with Gasteiger partial charge in [-0.15, -0.1) is 0 Å². The summed E-state index contributed by atoms with van der Waals surface area (Å²) in [5, 5.41) is 5.11. The van der Waals surface area contributed by atoms with Gasteiger partial charge in [0, 0.05) is 13.1 Å². The van der Waals surface area contributed by atoms with Crippen molar-refractivity contribution in [3.63, 3.8) is 0 Å². The van der Waals surface area contributed by atoms with Crippen LogP contribution in [0.4, 0.5) is 0 Å². The van der Waals surface area contributed by atoms with Crippen molar-refractivity contribution >= 4 is 21.9 Å². The standard InChI is InChI=1S/C19H26N2O6S/c1-26-17-7-6-15(28(20,24)25)10-16(17)19(23)27-12-18(22)21-9-8-13-4-2-3-5-14(13)11-21/h6-7,10,13-14H,2-5,8-9,11-12H2,1H3,(H2,20,24,25)/t13-,14+/m0/s1. The lowest BCUT2D eigenvalue weighted by Crippen LogP contribution is -2.46. The highest BCUT2D eigenvalue weighted by atomic mass is 32.2. The predicted octanol–water partition coefficient (Wildman–Crippen LogP) is 1.54. The van der Waals surface area contributed by atoms with Gasteiger partial charge in [-0.1, -0.05) is 19.3 Å². The number of hydrogen-bond donors (Lipinski definition) is 1. The summed E-state index contributed by atoms with van der Waals surface area (Å²) >= 11 is 0. The van der Waals surface area contributed by atoms with Crippen molar-refractivity contribution < 1.29 is 27.5 Å². The van der Waals surface area contributed by atoms with Crippen molar-refractivity contribution in [3.8, 4) is 5.75 Å². The zero-order valence-corrected chi connectivity index (χ0v) is 16.7. The molecule has 1 saturated heterocycles. The molecule has 2 aliphatic rings. The van der Waals surface area contributed by atoms with Crippen molar-refractivity contribution in [1.82, 2.24) is 4.90 Å². The highest BCUT2D eigenvalue weighted by molar-refractivity contribution is 7.89. The van der Waals surface area contributed by atoms with Gasteiger partial charge in [-0.3, -0.25) is 4.79 Å². The van der Waals surface area contributed by atoms with E-state index >= 15 is 0 Å². The van der Waals surface area contributed by atoms with E-state index in [9.17, 15) is 18.0 Å². The number of primary sulfonamides is 1. The molecule has 0 aromatic heterocycles. The van der Waals surface area contributed by atoms with E-state index in [0.717, 1.165) is 18.9 Å². The third-order valence-electron chi connectivity index (χ3n) is 5.69. The fourth-order valence-corrected chi connectivity index (χ4v) is 4.69. The molecule has 0 bridgehead atoms. The van der Waals surface area contributed by atoms with E-state index in [0.29, 0.717) is 24.9 Å². The average Bonchev–Trinajstić information content (AvgIpc) is 2.70. The van der Waals surface area contributed by atoms with Gasteiger partial charge in [0.2, 0.25) is 10.0 Å². The van der Waals surface area contributed by atoms with Crippen LogP contribution < -0.4 is 9.88 Å². The molecule has 0 unspecified atom stereocenters. The maximum Gasteiger partial charge on any atom is 0.342 e. The first kappa shape index (κ1) is 20.6. The molecule has 2 N–H and O–H groups in total. The maximum absolute atomic E-state index is 12.5. The van der Waals surface area contributed by atoms with Gasteiger partial charge in [0.05, 0.1) is 12.0 Å². The van der Waals surface area contributed by atoms with Crippen molar-refractivity contribution in [2.45, 2.75) is 37.0 Å². The minimum Gasteiger partial charge on any atom is -0.496 e. The number of piperidine rings is 1. The van der Waals surface area contributed by atoms with Crippen LogP contribution >= 0.6 is 0 Å². The van der Waals surface area contributed by atoms with Crippen molar-refractivity contribution in [2.75, 3.05) is 26.8 Å². The van der Waals surface area contributed by atoms with Crippen molar-refractivity contribution in [1.29, 1.82) is 0 Å². The zero-order chi connectivity index (χ0) is 20.3. The zero-order valence-electron chi connectivity index (χ0n) is 15.9. The Kier molecular flexibility index (Phi) is 6.24. The number of carbonyl (C=O) groups excluding carboxylic acids is 2. The molecular formula is C19H26N2O6S. The number of ether oxygens (including phenoxy) is 2. The van der Waals surface area contributed by atoms with Crippen LogP contribution in [0.1, 0.15) is 42.5 Å². The molecule has 1 aromatic carbocycles. The van der Waals surface area contributed by atoms with Crippen LogP contribution in [0.5, 0.6) is 5.75 Å². The SMILES string of the molecule is COc1ccc(S(N)(=O)=O)cc1C(=O)OCC(=O)N1CC[C@@H]2CCCC[C@@H]2C1. The summed E-state index contributed by atoms with van der Waals surface area (Å²) in [5.41, 5.74) is -0.0900. The number of fused-ring (bicyclic) bond motifs is 1. The molecule has 2 atom stereocenters. The number of amides is 1. The number of rotatable bonds is 5. The number of sulfonamides is 1. The summed E-state index contributed by atoms with van der Waals surface area (Å²) in [6, 6.07) is 3.66. The molecule has 0 radical (unpaired) electrons. The smallest absolute Gasteiger partial charge is 0.342 e. The van der Waals surface area contributed by atoms with Crippen LogP contribution in [0.3, 0.4) is 0 Å². The first-order chi connectivity index (χ1) is 13.3. The van der Waals surface area contributed by atoms with E-state index in [1.54, 1.807) is 4.90 Å². The summed E-state index contributed by atoms with van der Waals surface area (Å²) in [7, 11) is -2.63. The number of methoxy groups -OCH3 is 1. The minimum atomic E-state index is -3.98. The Morgan fingerprint density at radius 1 is 1.18 bits per heavy atom. The number of nitrogens with zero attached hydrogens (tertiary/aromatic N) is 1. The lowest BCUT2D eigenvalue weighted by molar-refractivity contribution is -0.137. The molecule has 8 nitrogen and oxygen atoms in total. The van der Waals surface area contributed by atoms with Crippen molar-refractivity contribution in [2.24, 2.45) is 17.0 Å². The molecule has 0 spiro atoms. The van der Waals surface area contributed by atoms with Gasteiger partial charge in [0.1, 0.15) is 11.3 Å². The normalized spacial score (nSPS) is 22.3. The molecule has 9 heteroatoms. The van der Waals surface area contributed by atoms with Gasteiger partial charge < -0.3 is 14.4 Å². The van der Waals surface area contributed by atoms with E-state index in [-0.39, 0.29) is 28.7 Å². The Balaban J connectivity index is 1.63. The van der Waals surface area contributed by atoms with Gasteiger partial charge >= 0.3 is 5.97 Å². The number of hydrogen-bond acceptors (Lipinski definition) is 6. The number of carbonyl (C=O) groups is 2. The average molecular weight is 410 g/mol. The van der Waals surface area contributed by atoms with Crippen LogP contribution in [0.25, 0.3) is 0 Å². The third-order valence-corrected chi connectivity index (χ3v) is 6.60. The summed E-state index contributed by atoms with van der Waals surface area (Å²) in [4.78, 5) is 26.4. The van der Waals surface area contributed by atoms with E-state index in [1.165, 1.54) is 38.5 Å². The lowest BCUT2D eigenvalue weighted by atomic mass is 9.75. The van der Waals surface area contributed by atoms with Crippen LogP contribution in [-0.2, 0) is 19.6 Å². The van der Waals surface area contributed by atoms with Gasteiger partial charge in [0.15, 0.2) is 6.61 Å². The summed E-state index contributed by atoms with van der Waals surface area (Å²) in [6.07, 6.45) is 5.85. The van der Waals surface area contributed by atoms with Crippen LogP contribution in [-0.4, -0.2) is 52.0 Å². The Morgan fingerprint density at radius 3 is 2.57 bits per heavy atom. The molecule has 1 heterocycles. The Hall–Kier alpha value is -2.13. The second kappa shape index (κ2) is 8.48. The lowest BCUT2D eigenvalue weighted by Gasteiger charge is -2.41. The van der Waals surface area contributed by atoms with E-state index in [1.807, 2.05) is 0 Å². The van der Waals surface area contributed by atoms with Crippen molar-refractivity contribution in [3.05, 3.63) is 23.8 Å². The monoisotopic (exact) mass is 410 g/mol. The quantitative estimate of drug-likeness (QED) is 0.736. The first-order valence-electron chi connectivity index (χ1n) is 9.45. The topological polar surface area (TPSA) is 116 Å². The Labute approximate surface area is 165 Å². The molecule has 154 valence electrons. The van der Waals surface area contributed by atoms with E-state index in [4.69, 9.17) is 14.6 Å². The van der Waals surface area contributed by atoms with Gasteiger partial charge in [-0.25, -0.2) is 18.4 Å². The predicted molar refractivity (Wildman–Crippen MR) is 101 cm³/mol. The van der Waals surface area contributed by atoms with Crippen LogP contribution in [0, 0.1) is 11.8 Å². The molecule has 28 heavy (non-hydrogen) atoms. The third kappa shape index (κ3) is 4.64. The largest absolute Gasteiger partial charge is 0.496 e. The Bertz CT molecular complexity index is 854.